The van der Waals surface area contributed by atoms with Crippen LogP contribution in [0.25, 0.3) is 0 Å². The van der Waals surface area contributed by atoms with E-state index >= 15 is 0 Å². The molecule has 1 aromatic carbocycles. The van der Waals surface area contributed by atoms with Crippen molar-refractivity contribution in [2.45, 2.75) is 44.4 Å². The van der Waals surface area contributed by atoms with Crippen LogP contribution in [0.3, 0.4) is 0 Å². The predicted molar refractivity (Wildman–Crippen MR) is 123 cm³/mol. The van der Waals surface area contributed by atoms with Gasteiger partial charge < -0.3 is 16.0 Å². The van der Waals surface area contributed by atoms with Gasteiger partial charge in [0.25, 0.3) is 5.91 Å². The summed E-state index contributed by atoms with van der Waals surface area (Å²) >= 11 is 1.93. The molecule has 0 heterocycles. The van der Waals surface area contributed by atoms with E-state index in [0.717, 1.165) is 30.6 Å². The number of amides is 1. The van der Waals surface area contributed by atoms with Crippen LogP contribution in [0.15, 0.2) is 23.2 Å². The number of hydrogen-bond acceptors (Lipinski definition) is 3. The lowest BCUT2D eigenvalue weighted by Crippen LogP contribution is -2.43. The van der Waals surface area contributed by atoms with Gasteiger partial charge in [-0.05, 0) is 57.1 Å². The molecule has 0 saturated heterocycles. The molecule has 2 unspecified atom stereocenters. The van der Waals surface area contributed by atoms with Gasteiger partial charge in [-0.25, -0.2) is 4.39 Å². The maximum absolute atomic E-state index is 13.5. The first kappa shape index (κ1) is 24.0. The Balaban J connectivity index is 0.00000364. The third-order valence-electron chi connectivity index (χ3n) is 4.50. The topological polar surface area (TPSA) is 65.5 Å². The van der Waals surface area contributed by atoms with Gasteiger partial charge in [-0.3, -0.25) is 9.79 Å². The van der Waals surface area contributed by atoms with Crippen LogP contribution in [0.4, 0.5) is 4.39 Å². The van der Waals surface area contributed by atoms with E-state index in [1.54, 1.807) is 19.1 Å². The maximum atomic E-state index is 13.5. The fourth-order valence-electron chi connectivity index (χ4n) is 2.97. The number of aliphatic imine (C=N–C) groups is 1. The second-order valence-electron chi connectivity index (χ2n) is 6.49. The molecule has 0 spiro atoms. The van der Waals surface area contributed by atoms with Gasteiger partial charge in [0.05, 0.1) is 6.54 Å². The summed E-state index contributed by atoms with van der Waals surface area (Å²) in [5.74, 6) is 0.139. The summed E-state index contributed by atoms with van der Waals surface area (Å²) in [7, 11) is 0. The molecule has 0 aromatic heterocycles. The van der Waals surface area contributed by atoms with E-state index in [0.29, 0.717) is 30.3 Å². The summed E-state index contributed by atoms with van der Waals surface area (Å²) in [5.41, 5.74) is 0.860. The zero-order valence-electron chi connectivity index (χ0n) is 16.2. The molecule has 2 atom stereocenters. The zero-order valence-corrected chi connectivity index (χ0v) is 19.3. The summed E-state index contributed by atoms with van der Waals surface area (Å²) in [6.45, 7) is 5.37. The van der Waals surface area contributed by atoms with Crippen LogP contribution in [0, 0.1) is 12.7 Å². The van der Waals surface area contributed by atoms with Crippen LogP contribution in [-0.4, -0.2) is 49.0 Å². The molecule has 2 rings (SSSR count). The predicted octanol–water partition coefficient (Wildman–Crippen LogP) is 3.32. The fraction of sp³-hybridized carbons (Fsp3) is 0.579. The van der Waals surface area contributed by atoms with Crippen molar-refractivity contribution in [3.05, 3.63) is 35.1 Å². The second-order valence-corrected chi connectivity index (χ2v) is 7.63. The number of benzene rings is 1. The van der Waals surface area contributed by atoms with Crippen molar-refractivity contribution in [2.75, 3.05) is 25.9 Å². The fourth-order valence-corrected chi connectivity index (χ4v) is 3.77. The van der Waals surface area contributed by atoms with E-state index in [1.165, 1.54) is 12.5 Å². The molecule has 3 N–H and O–H groups in total. The number of carbonyl (C=O) groups is 1. The first-order chi connectivity index (χ1) is 12.5. The Hall–Kier alpha value is -1.03. The highest BCUT2D eigenvalue weighted by Gasteiger charge is 2.24. The highest BCUT2D eigenvalue weighted by Crippen LogP contribution is 2.27. The molecule has 1 aromatic rings. The molecule has 1 fully saturated rings. The minimum Gasteiger partial charge on any atom is -0.357 e. The monoisotopic (exact) mass is 508 g/mol. The van der Waals surface area contributed by atoms with Gasteiger partial charge in [-0.1, -0.05) is 6.07 Å². The van der Waals surface area contributed by atoms with Gasteiger partial charge in [-0.15, -0.1) is 24.0 Å². The van der Waals surface area contributed by atoms with Crippen molar-refractivity contribution < 1.29 is 9.18 Å². The van der Waals surface area contributed by atoms with Crippen LogP contribution in [-0.2, 0) is 0 Å². The number of nitrogens with one attached hydrogen (secondary N) is 3. The summed E-state index contributed by atoms with van der Waals surface area (Å²) in [4.78, 5) is 16.6. The average molecular weight is 508 g/mol. The van der Waals surface area contributed by atoms with Gasteiger partial charge in [0.2, 0.25) is 0 Å². The number of thioether (sulfide) groups is 1. The number of guanidine groups is 1. The van der Waals surface area contributed by atoms with Crippen LogP contribution < -0.4 is 16.0 Å². The van der Waals surface area contributed by atoms with E-state index in [-0.39, 0.29) is 35.7 Å². The molecule has 1 aliphatic rings. The Labute approximate surface area is 182 Å². The summed E-state index contributed by atoms with van der Waals surface area (Å²) in [5, 5.41) is 10.2. The smallest absolute Gasteiger partial charge is 0.251 e. The summed E-state index contributed by atoms with van der Waals surface area (Å²) < 4.78 is 13.5. The van der Waals surface area contributed by atoms with Crippen molar-refractivity contribution in [2.24, 2.45) is 4.99 Å². The molecule has 0 bridgehead atoms. The van der Waals surface area contributed by atoms with Crippen LogP contribution in [0.5, 0.6) is 0 Å². The number of hydrogen-bond donors (Lipinski definition) is 3. The van der Waals surface area contributed by atoms with Crippen LogP contribution >= 0.6 is 35.7 Å². The van der Waals surface area contributed by atoms with Crippen molar-refractivity contribution in [3.8, 4) is 0 Å². The Morgan fingerprint density at radius 2 is 2.11 bits per heavy atom. The van der Waals surface area contributed by atoms with Crippen molar-refractivity contribution in [3.63, 3.8) is 0 Å². The second kappa shape index (κ2) is 12.4. The van der Waals surface area contributed by atoms with Crippen LogP contribution in [0.2, 0.25) is 0 Å². The Bertz CT molecular complexity index is 644. The highest BCUT2D eigenvalue weighted by atomic mass is 127. The van der Waals surface area contributed by atoms with Gasteiger partial charge in [0.1, 0.15) is 5.82 Å². The van der Waals surface area contributed by atoms with Crippen molar-refractivity contribution >= 4 is 47.6 Å². The molecule has 152 valence electrons. The minimum absolute atomic E-state index is 0. The van der Waals surface area contributed by atoms with Crippen LogP contribution in [0.1, 0.15) is 42.1 Å². The summed E-state index contributed by atoms with van der Waals surface area (Å²) in [6.07, 6.45) is 5.71. The Morgan fingerprint density at radius 3 is 2.74 bits per heavy atom. The Morgan fingerprint density at radius 1 is 1.33 bits per heavy atom. The molecule has 27 heavy (non-hydrogen) atoms. The lowest BCUT2D eigenvalue weighted by Gasteiger charge is -2.17. The SMILES string of the molecule is CCNC(=NCCNC(=O)c1ccc(C)c(F)c1)NC1CCC(SC)C1.I. The Kier molecular flexibility index (Phi) is 11.1. The van der Waals surface area contributed by atoms with E-state index < -0.39 is 0 Å². The zero-order chi connectivity index (χ0) is 18.9. The maximum Gasteiger partial charge on any atom is 0.251 e. The van der Waals surface area contributed by atoms with E-state index in [4.69, 9.17) is 0 Å². The highest BCUT2D eigenvalue weighted by molar-refractivity contribution is 14.0. The van der Waals surface area contributed by atoms with Crippen molar-refractivity contribution in [1.82, 2.24) is 16.0 Å². The number of carbonyl (C=O) groups excluding carboxylic acids is 1. The molecule has 8 heteroatoms. The van der Waals surface area contributed by atoms with Gasteiger partial charge >= 0.3 is 0 Å². The lowest BCUT2D eigenvalue weighted by molar-refractivity contribution is 0.0954. The molecule has 0 aliphatic heterocycles. The van der Waals surface area contributed by atoms with E-state index in [9.17, 15) is 9.18 Å². The molecule has 0 radical (unpaired) electrons. The minimum atomic E-state index is -0.366. The molecule has 1 aliphatic carbocycles. The molecule has 5 nitrogen and oxygen atoms in total. The number of nitrogens with zero attached hydrogens (tertiary/aromatic N) is 1. The van der Waals surface area contributed by atoms with E-state index in [2.05, 4.69) is 27.2 Å². The first-order valence-corrected chi connectivity index (χ1v) is 10.4. The molecule has 1 amide bonds. The molecule has 1 saturated carbocycles. The van der Waals surface area contributed by atoms with E-state index in [1.807, 2.05) is 18.7 Å². The standard InChI is InChI=1S/C19H29FN4OS.HI/c1-4-21-19(24-15-7-8-16(12-15)26-3)23-10-9-22-18(25)14-6-5-13(2)17(20)11-14;/h5-6,11,15-16H,4,7-10,12H2,1-3H3,(H,22,25)(H2,21,23,24);1H. The average Bonchev–Trinajstić information content (AvgIpc) is 3.08. The largest absolute Gasteiger partial charge is 0.357 e. The number of halogens is 2. The third kappa shape index (κ3) is 7.85. The summed E-state index contributed by atoms with van der Waals surface area (Å²) in [6, 6.07) is 4.96. The molecular weight excluding hydrogens is 478 g/mol. The third-order valence-corrected chi connectivity index (χ3v) is 5.60. The first-order valence-electron chi connectivity index (χ1n) is 9.15. The number of aryl methyl sites for hydroxylation is 1. The van der Waals surface area contributed by atoms with Gasteiger partial charge in [0, 0.05) is 29.9 Å². The van der Waals surface area contributed by atoms with Gasteiger partial charge in [-0.2, -0.15) is 11.8 Å². The quantitative estimate of drug-likeness (QED) is 0.229. The molecular formula is C19H30FIN4OS. The van der Waals surface area contributed by atoms with Crippen molar-refractivity contribution in [1.29, 1.82) is 0 Å². The normalized spacial score (nSPS) is 19.3. The lowest BCUT2D eigenvalue weighted by atomic mass is 10.1. The van der Waals surface area contributed by atoms with Gasteiger partial charge in [0.15, 0.2) is 5.96 Å². The number of rotatable bonds is 7.